The zero-order valence-electron chi connectivity index (χ0n) is 14.0. The Balaban J connectivity index is 1.91. The summed E-state index contributed by atoms with van der Waals surface area (Å²) in [6.45, 7) is 0.989. The van der Waals surface area contributed by atoms with Gasteiger partial charge in [0.1, 0.15) is 0 Å². The van der Waals surface area contributed by atoms with E-state index in [0.29, 0.717) is 18.1 Å². The lowest BCUT2D eigenvalue weighted by atomic mass is 10.0. The van der Waals surface area contributed by atoms with Crippen molar-refractivity contribution in [3.05, 3.63) is 47.0 Å². The van der Waals surface area contributed by atoms with Crippen LogP contribution in [-0.4, -0.2) is 50.4 Å². The number of carbonyl (C=O) groups is 1. The first-order chi connectivity index (χ1) is 11.9. The third-order valence-corrected chi connectivity index (χ3v) is 6.55. The molecule has 2 aromatic rings. The first-order valence-corrected chi connectivity index (χ1v) is 10.4. The van der Waals surface area contributed by atoms with Gasteiger partial charge in [0.2, 0.25) is 5.91 Å². The predicted octanol–water partition coefficient (Wildman–Crippen LogP) is 2.23. The molecule has 1 fully saturated rings. The number of amides is 1. The summed E-state index contributed by atoms with van der Waals surface area (Å²) in [5.74, 6) is -0.0164. The molecule has 7 heteroatoms. The maximum absolute atomic E-state index is 12.0. The van der Waals surface area contributed by atoms with E-state index in [1.54, 1.807) is 7.05 Å². The molecule has 0 radical (unpaired) electrons. The second-order valence-electron chi connectivity index (χ2n) is 6.40. The van der Waals surface area contributed by atoms with Gasteiger partial charge in [-0.25, -0.2) is 8.42 Å². The summed E-state index contributed by atoms with van der Waals surface area (Å²) in [5.41, 5.74) is 1.05. The maximum Gasteiger partial charge on any atom is 0.221 e. The summed E-state index contributed by atoms with van der Waals surface area (Å²) in [4.78, 5) is 13.9. The van der Waals surface area contributed by atoms with Crippen molar-refractivity contribution in [1.82, 2.24) is 10.2 Å². The normalized spacial score (nSPS) is 20.5. The SMILES string of the molecule is CNC(=O)CC1CS(=O)(=O)CCN1Cc1cc(Cl)cc2ccccc12. The van der Waals surface area contributed by atoms with Gasteiger partial charge in [-0.3, -0.25) is 9.69 Å². The fourth-order valence-electron chi connectivity index (χ4n) is 3.33. The van der Waals surface area contributed by atoms with Crippen LogP contribution in [-0.2, 0) is 21.2 Å². The van der Waals surface area contributed by atoms with Crippen molar-refractivity contribution in [3.63, 3.8) is 0 Å². The van der Waals surface area contributed by atoms with Crippen LogP contribution in [0.1, 0.15) is 12.0 Å². The predicted molar refractivity (Wildman–Crippen MR) is 100 cm³/mol. The van der Waals surface area contributed by atoms with E-state index in [0.717, 1.165) is 16.3 Å². The lowest BCUT2D eigenvalue weighted by Gasteiger charge is -2.35. The van der Waals surface area contributed by atoms with Gasteiger partial charge in [0.15, 0.2) is 9.84 Å². The first-order valence-electron chi connectivity index (χ1n) is 8.20. The highest BCUT2D eigenvalue weighted by Gasteiger charge is 2.32. The Morgan fingerprint density at radius 1 is 1.32 bits per heavy atom. The van der Waals surface area contributed by atoms with Crippen LogP contribution in [0.5, 0.6) is 0 Å². The van der Waals surface area contributed by atoms with Crippen molar-refractivity contribution < 1.29 is 13.2 Å². The van der Waals surface area contributed by atoms with Gasteiger partial charge in [-0.05, 0) is 28.5 Å². The quantitative estimate of drug-likeness (QED) is 0.883. The van der Waals surface area contributed by atoms with Gasteiger partial charge in [0.05, 0.1) is 11.5 Å². The van der Waals surface area contributed by atoms with Gasteiger partial charge < -0.3 is 5.32 Å². The largest absolute Gasteiger partial charge is 0.359 e. The second-order valence-corrected chi connectivity index (χ2v) is 9.07. The van der Waals surface area contributed by atoms with Crippen molar-refractivity contribution >= 4 is 38.1 Å². The van der Waals surface area contributed by atoms with E-state index in [1.807, 2.05) is 36.4 Å². The topological polar surface area (TPSA) is 66.5 Å². The molecule has 1 amide bonds. The number of carbonyl (C=O) groups excluding carboxylic acids is 1. The number of sulfone groups is 1. The van der Waals surface area contributed by atoms with E-state index in [1.165, 1.54) is 0 Å². The van der Waals surface area contributed by atoms with Crippen molar-refractivity contribution in [2.24, 2.45) is 0 Å². The van der Waals surface area contributed by atoms with Crippen LogP contribution in [0.3, 0.4) is 0 Å². The molecule has 2 aromatic carbocycles. The van der Waals surface area contributed by atoms with Gasteiger partial charge >= 0.3 is 0 Å². The molecule has 5 nitrogen and oxygen atoms in total. The van der Waals surface area contributed by atoms with Gasteiger partial charge in [-0.1, -0.05) is 35.9 Å². The van der Waals surface area contributed by atoms with E-state index in [9.17, 15) is 13.2 Å². The highest BCUT2D eigenvalue weighted by molar-refractivity contribution is 7.91. The molecule has 0 aliphatic carbocycles. The number of hydrogen-bond donors (Lipinski definition) is 1. The number of rotatable bonds is 4. The van der Waals surface area contributed by atoms with E-state index < -0.39 is 9.84 Å². The van der Waals surface area contributed by atoms with Crippen LogP contribution in [0.15, 0.2) is 36.4 Å². The molecule has 1 aliphatic heterocycles. The van der Waals surface area contributed by atoms with E-state index >= 15 is 0 Å². The minimum absolute atomic E-state index is 0.0128. The molecule has 3 rings (SSSR count). The second kappa shape index (κ2) is 7.32. The van der Waals surface area contributed by atoms with Crippen LogP contribution in [0.25, 0.3) is 10.8 Å². The Kier molecular flexibility index (Phi) is 5.32. The number of fused-ring (bicyclic) bond motifs is 1. The summed E-state index contributed by atoms with van der Waals surface area (Å²) in [6, 6.07) is 11.5. The van der Waals surface area contributed by atoms with Crippen molar-refractivity contribution in [1.29, 1.82) is 0 Å². The average molecular weight is 381 g/mol. The molecule has 25 heavy (non-hydrogen) atoms. The molecular weight excluding hydrogens is 360 g/mol. The van der Waals surface area contributed by atoms with Crippen molar-refractivity contribution in [2.45, 2.75) is 19.0 Å². The number of hydrogen-bond acceptors (Lipinski definition) is 4. The Bertz CT molecular complexity index is 898. The van der Waals surface area contributed by atoms with Crippen LogP contribution >= 0.6 is 11.6 Å². The molecule has 1 aliphatic rings. The van der Waals surface area contributed by atoms with Gasteiger partial charge in [-0.15, -0.1) is 0 Å². The molecule has 0 bridgehead atoms. The third kappa shape index (κ3) is 4.32. The molecule has 1 N–H and O–H groups in total. The minimum atomic E-state index is -3.11. The Morgan fingerprint density at radius 3 is 2.84 bits per heavy atom. The molecule has 0 aromatic heterocycles. The van der Waals surface area contributed by atoms with Gasteiger partial charge in [0.25, 0.3) is 0 Å². The monoisotopic (exact) mass is 380 g/mol. The van der Waals surface area contributed by atoms with Crippen molar-refractivity contribution in [3.8, 4) is 0 Å². The molecule has 1 saturated heterocycles. The molecule has 134 valence electrons. The van der Waals surface area contributed by atoms with Crippen LogP contribution in [0.4, 0.5) is 0 Å². The van der Waals surface area contributed by atoms with Crippen LogP contribution in [0.2, 0.25) is 5.02 Å². The lowest BCUT2D eigenvalue weighted by Crippen LogP contribution is -2.49. The first kappa shape index (κ1) is 18.2. The average Bonchev–Trinajstić information content (AvgIpc) is 2.56. The number of nitrogens with zero attached hydrogens (tertiary/aromatic N) is 1. The molecule has 1 heterocycles. The standard InChI is InChI=1S/C18H21ClN2O3S/c1-20-18(22)10-16-12-25(23,24)7-6-21(16)11-14-9-15(19)8-13-4-2-3-5-17(13)14/h2-5,8-9,16H,6-7,10-12H2,1H3,(H,20,22). The van der Waals surface area contributed by atoms with E-state index in [2.05, 4.69) is 10.2 Å². The highest BCUT2D eigenvalue weighted by Crippen LogP contribution is 2.27. The zero-order chi connectivity index (χ0) is 18.0. The highest BCUT2D eigenvalue weighted by atomic mass is 35.5. The fourth-order valence-corrected chi connectivity index (χ4v) is 5.18. The summed E-state index contributed by atoms with van der Waals surface area (Å²) in [5, 5.41) is 5.38. The van der Waals surface area contributed by atoms with Gasteiger partial charge in [-0.2, -0.15) is 0 Å². The van der Waals surface area contributed by atoms with E-state index in [4.69, 9.17) is 11.6 Å². The number of halogens is 1. The number of benzene rings is 2. The third-order valence-electron chi connectivity index (χ3n) is 4.64. The van der Waals surface area contributed by atoms with Crippen LogP contribution < -0.4 is 5.32 Å². The Labute approximate surface area is 152 Å². The zero-order valence-corrected chi connectivity index (χ0v) is 15.6. The number of nitrogens with one attached hydrogen (secondary N) is 1. The summed E-state index contributed by atoms with van der Waals surface area (Å²) < 4.78 is 24.0. The minimum Gasteiger partial charge on any atom is -0.359 e. The molecular formula is C18H21ClN2O3S. The summed E-state index contributed by atoms with van der Waals surface area (Å²) in [7, 11) is -1.55. The molecule has 0 saturated carbocycles. The van der Waals surface area contributed by atoms with E-state index in [-0.39, 0.29) is 29.9 Å². The Morgan fingerprint density at radius 2 is 2.08 bits per heavy atom. The smallest absolute Gasteiger partial charge is 0.221 e. The molecule has 1 unspecified atom stereocenters. The van der Waals surface area contributed by atoms with Crippen LogP contribution in [0, 0.1) is 0 Å². The Hall–Kier alpha value is -1.63. The molecule has 1 atom stereocenters. The fraction of sp³-hybridized carbons (Fsp3) is 0.389. The van der Waals surface area contributed by atoms with Gasteiger partial charge in [0, 0.05) is 37.6 Å². The summed E-state index contributed by atoms with van der Waals surface area (Å²) in [6.07, 6.45) is 0.175. The lowest BCUT2D eigenvalue weighted by molar-refractivity contribution is -0.121. The maximum atomic E-state index is 12.0. The molecule has 0 spiro atoms. The van der Waals surface area contributed by atoms with Crippen molar-refractivity contribution in [2.75, 3.05) is 25.1 Å². The summed E-state index contributed by atoms with van der Waals surface area (Å²) >= 11 is 6.25.